The maximum atomic E-state index is 13.7. The molecule has 1 aliphatic rings. The lowest BCUT2D eigenvalue weighted by atomic mass is 9.87. The SMILES string of the molecule is CC(C)(C)C(COc1ccccc1F)NC(=O)N1CCSCC1. The number of amides is 2. The number of hydrogen-bond donors (Lipinski definition) is 1. The van der Waals surface area contributed by atoms with Crippen LogP contribution in [0, 0.1) is 11.2 Å². The molecule has 0 aromatic heterocycles. The summed E-state index contributed by atoms with van der Waals surface area (Å²) in [6.07, 6.45) is 0. The van der Waals surface area contributed by atoms with Crippen LogP contribution in [0.1, 0.15) is 20.8 Å². The number of carbonyl (C=O) groups excluding carboxylic acids is 1. The summed E-state index contributed by atoms with van der Waals surface area (Å²) in [7, 11) is 0. The van der Waals surface area contributed by atoms with E-state index in [9.17, 15) is 9.18 Å². The molecule has 1 heterocycles. The predicted molar refractivity (Wildman–Crippen MR) is 92.6 cm³/mol. The van der Waals surface area contributed by atoms with E-state index in [1.54, 1.807) is 18.2 Å². The minimum Gasteiger partial charge on any atom is -0.488 e. The number of hydrogen-bond acceptors (Lipinski definition) is 3. The van der Waals surface area contributed by atoms with Crippen molar-refractivity contribution in [3.8, 4) is 5.75 Å². The van der Waals surface area contributed by atoms with Crippen molar-refractivity contribution < 1.29 is 13.9 Å². The highest BCUT2D eigenvalue weighted by Crippen LogP contribution is 2.22. The summed E-state index contributed by atoms with van der Waals surface area (Å²) in [5, 5.41) is 3.05. The van der Waals surface area contributed by atoms with E-state index in [4.69, 9.17) is 4.74 Å². The lowest BCUT2D eigenvalue weighted by Gasteiger charge is -2.34. The van der Waals surface area contributed by atoms with Crippen LogP contribution in [-0.4, -0.2) is 48.2 Å². The van der Waals surface area contributed by atoms with Crippen molar-refractivity contribution in [2.24, 2.45) is 5.41 Å². The molecule has 1 atom stereocenters. The summed E-state index contributed by atoms with van der Waals surface area (Å²) >= 11 is 1.86. The van der Waals surface area contributed by atoms with Crippen LogP contribution in [0.15, 0.2) is 24.3 Å². The number of para-hydroxylation sites is 1. The van der Waals surface area contributed by atoms with Crippen LogP contribution in [-0.2, 0) is 0 Å². The monoisotopic (exact) mass is 340 g/mol. The molecule has 128 valence electrons. The predicted octanol–water partition coefficient (Wildman–Crippen LogP) is 3.38. The van der Waals surface area contributed by atoms with Gasteiger partial charge in [-0.3, -0.25) is 0 Å². The summed E-state index contributed by atoms with van der Waals surface area (Å²) in [4.78, 5) is 14.2. The molecule has 1 aromatic carbocycles. The number of benzene rings is 1. The van der Waals surface area contributed by atoms with Crippen molar-refractivity contribution in [2.75, 3.05) is 31.2 Å². The maximum absolute atomic E-state index is 13.7. The number of carbonyl (C=O) groups is 1. The molecule has 0 aliphatic carbocycles. The van der Waals surface area contributed by atoms with Gasteiger partial charge in [0.15, 0.2) is 11.6 Å². The van der Waals surface area contributed by atoms with Crippen LogP contribution in [0.3, 0.4) is 0 Å². The third kappa shape index (κ3) is 5.30. The first-order chi connectivity index (χ1) is 10.9. The first kappa shape index (κ1) is 17.9. The van der Waals surface area contributed by atoms with E-state index in [0.29, 0.717) is 0 Å². The van der Waals surface area contributed by atoms with E-state index in [1.165, 1.54) is 6.07 Å². The number of nitrogens with one attached hydrogen (secondary N) is 1. The second-order valence-corrected chi connectivity index (χ2v) is 7.93. The van der Waals surface area contributed by atoms with Gasteiger partial charge in [0.1, 0.15) is 6.61 Å². The third-order valence-corrected chi connectivity index (χ3v) is 4.83. The average Bonchev–Trinajstić information content (AvgIpc) is 2.52. The molecular formula is C17H25FN2O2S. The molecule has 1 aromatic rings. The summed E-state index contributed by atoms with van der Waals surface area (Å²) in [5.41, 5.74) is -0.189. The van der Waals surface area contributed by atoms with Crippen molar-refractivity contribution in [3.05, 3.63) is 30.1 Å². The molecule has 1 fully saturated rings. The number of urea groups is 1. The van der Waals surface area contributed by atoms with Crippen LogP contribution < -0.4 is 10.1 Å². The zero-order valence-electron chi connectivity index (χ0n) is 14.0. The molecule has 1 saturated heterocycles. The van der Waals surface area contributed by atoms with E-state index >= 15 is 0 Å². The Balaban J connectivity index is 1.97. The highest BCUT2D eigenvalue weighted by Gasteiger charge is 2.29. The Labute approximate surface area is 141 Å². The van der Waals surface area contributed by atoms with E-state index < -0.39 is 0 Å². The van der Waals surface area contributed by atoms with Crippen LogP contribution in [0.2, 0.25) is 0 Å². The van der Waals surface area contributed by atoms with Crippen LogP contribution in [0.25, 0.3) is 0 Å². The Morgan fingerprint density at radius 1 is 1.35 bits per heavy atom. The fraction of sp³-hybridized carbons (Fsp3) is 0.588. The minimum atomic E-state index is -0.389. The van der Waals surface area contributed by atoms with Crippen molar-refractivity contribution in [1.82, 2.24) is 10.2 Å². The Hall–Kier alpha value is -1.43. The second kappa shape index (κ2) is 7.90. The summed E-state index contributed by atoms with van der Waals surface area (Å²) in [6, 6.07) is 6.05. The molecule has 0 spiro atoms. The molecule has 1 N–H and O–H groups in total. The van der Waals surface area contributed by atoms with Crippen LogP contribution in [0.5, 0.6) is 5.75 Å². The highest BCUT2D eigenvalue weighted by atomic mass is 32.2. The van der Waals surface area contributed by atoms with E-state index in [1.807, 2.05) is 37.4 Å². The fourth-order valence-electron chi connectivity index (χ4n) is 2.25. The molecule has 1 unspecified atom stereocenters. The van der Waals surface area contributed by atoms with Gasteiger partial charge in [0.2, 0.25) is 0 Å². The van der Waals surface area contributed by atoms with Gasteiger partial charge in [0.25, 0.3) is 0 Å². The maximum Gasteiger partial charge on any atom is 0.317 e. The van der Waals surface area contributed by atoms with Crippen molar-refractivity contribution in [3.63, 3.8) is 0 Å². The number of rotatable bonds is 4. The van der Waals surface area contributed by atoms with Gasteiger partial charge < -0.3 is 15.0 Å². The molecule has 23 heavy (non-hydrogen) atoms. The van der Waals surface area contributed by atoms with Gasteiger partial charge in [0, 0.05) is 24.6 Å². The largest absolute Gasteiger partial charge is 0.488 e. The van der Waals surface area contributed by atoms with E-state index in [-0.39, 0.29) is 35.7 Å². The average molecular weight is 340 g/mol. The summed E-state index contributed by atoms with van der Waals surface area (Å²) in [5.74, 6) is 1.77. The van der Waals surface area contributed by atoms with E-state index in [0.717, 1.165) is 24.6 Å². The first-order valence-corrected chi connectivity index (χ1v) is 9.04. The Morgan fingerprint density at radius 2 is 2.00 bits per heavy atom. The van der Waals surface area contributed by atoms with Gasteiger partial charge in [-0.2, -0.15) is 11.8 Å². The molecule has 6 heteroatoms. The van der Waals surface area contributed by atoms with Gasteiger partial charge in [-0.05, 0) is 17.5 Å². The fourth-order valence-corrected chi connectivity index (χ4v) is 3.15. The topological polar surface area (TPSA) is 41.6 Å². The Bertz CT molecular complexity index is 528. The second-order valence-electron chi connectivity index (χ2n) is 6.71. The first-order valence-electron chi connectivity index (χ1n) is 7.88. The molecule has 4 nitrogen and oxygen atoms in total. The third-order valence-electron chi connectivity index (χ3n) is 3.88. The van der Waals surface area contributed by atoms with Crippen molar-refractivity contribution in [2.45, 2.75) is 26.8 Å². The standard InChI is InChI=1S/C17H25FN2O2S/c1-17(2,3)15(12-22-14-7-5-4-6-13(14)18)19-16(21)20-8-10-23-11-9-20/h4-7,15H,8-12H2,1-3H3,(H,19,21). The normalized spacial score (nSPS) is 16.8. The highest BCUT2D eigenvalue weighted by molar-refractivity contribution is 7.99. The Morgan fingerprint density at radius 3 is 2.61 bits per heavy atom. The van der Waals surface area contributed by atoms with Crippen molar-refractivity contribution >= 4 is 17.8 Å². The molecule has 0 radical (unpaired) electrons. The number of ether oxygens (including phenoxy) is 1. The smallest absolute Gasteiger partial charge is 0.317 e. The van der Waals surface area contributed by atoms with Gasteiger partial charge in [-0.1, -0.05) is 32.9 Å². The van der Waals surface area contributed by atoms with Crippen molar-refractivity contribution in [1.29, 1.82) is 0 Å². The molecule has 1 aliphatic heterocycles. The molecule has 2 amide bonds. The van der Waals surface area contributed by atoms with Gasteiger partial charge >= 0.3 is 6.03 Å². The summed E-state index contributed by atoms with van der Waals surface area (Å²) in [6.45, 7) is 7.87. The quantitative estimate of drug-likeness (QED) is 0.914. The summed E-state index contributed by atoms with van der Waals surface area (Å²) < 4.78 is 19.3. The zero-order chi connectivity index (χ0) is 16.9. The lowest BCUT2D eigenvalue weighted by molar-refractivity contribution is 0.152. The van der Waals surface area contributed by atoms with Gasteiger partial charge in [-0.25, -0.2) is 9.18 Å². The number of nitrogens with zero attached hydrogens (tertiary/aromatic N) is 1. The van der Waals surface area contributed by atoms with Gasteiger partial charge in [-0.15, -0.1) is 0 Å². The zero-order valence-corrected chi connectivity index (χ0v) is 14.8. The molecule has 0 bridgehead atoms. The number of halogens is 1. The van der Waals surface area contributed by atoms with Gasteiger partial charge in [0.05, 0.1) is 6.04 Å². The molecule has 2 rings (SSSR count). The van der Waals surface area contributed by atoms with E-state index in [2.05, 4.69) is 5.32 Å². The number of thioether (sulfide) groups is 1. The van der Waals surface area contributed by atoms with Crippen LogP contribution in [0.4, 0.5) is 9.18 Å². The van der Waals surface area contributed by atoms with Crippen LogP contribution >= 0.6 is 11.8 Å². The lowest BCUT2D eigenvalue weighted by Crippen LogP contribution is -2.53. The molecular weight excluding hydrogens is 315 g/mol. The Kier molecular flexibility index (Phi) is 6.16. The molecule has 0 saturated carbocycles. The minimum absolute atomic E-state index is 0.0673.